The standard InChI is InChI=1S/C12H16FN3O/c1-15(2)5-6-16-10-4-3-8(13)7-9(10)11(14)12(16)17/h3-4,7,11H,5-6,14H2,1-2H3. The SMILES string of the molecule is CN(C)CCN1C(=O)C(N)c2cc(F)ccc21. The zero-order valence-electron chi connectivity index (χ0n) is 9.98. The highest BCUT2D eigenvalue weighted by Gasteiger charge is 2.34. The Morgan fingerprint density at radius 2 is 2.18 bits per heavy atom. The van der Waals surface area contributed by atoms with Gasteiger partial charge in [-0.1, -0.05) is 0 Å². The second-order valence-corrected chi connectivity index (χ2v) is 4.47. The molecule has 0 bridgehead atoms. The molecule has 1 aliphatic rings. The molecule has 0 radical (unpaired) electrons. The first-order valence-electron chi connectivity index (χ1n) is 5.52. The van der Waals surface area contributed by atoms with Crippen LogP contribution in [0.15, 0.2) is 18.2 Å². The second-order valence-electron chi connectivity index (χ2n) is 4.47. The largest absolute Gasteiger partial charge is 0.316 e. The van der Waals surface area contributed by atoms with E-state index in [9.17, 15) is 9.18 Å². The van der Waals surface area contributed by atoms with Gasteiger partial charge in [0.2, 0.25) is 5.91 Å². The molecule has 2 rings (SSSR count). The summed E-state index contributed by atoms with van der Waals surface area (Å²) in [4.78, 5) is 15.6. The zero-order valence-corrected chi connectivity index (χ0v) is 9.98. The van der Waals surface area contributed by atoms with E-state index in [0.29, 0.717) is 12.1 Å². The van der Waals surface area contributed by atoms with E-state index < -0.39 is 6.04 Å². The highest BCUT2D eigenvalue weighted by molar-refractivity contribution is 6.04. The van der Waals surface area contributed by atoms with Gasteiger partial charge in [-0.15, -0.1) is 0 Å². The number of benzene rings is 1. The van der Waals surface area contributed by atoms with Crippen molar-refractivity contribution >= 4 is 11.6 Å². The van der Waals surface area contributed by atoms with Crippen LogP contribution < -0.4 is 10.6 Å². The van der Waals surface area contributed by atoms with E-state index in [0.717, 1.165) is 12.2 Å². The van der Waals surface area contributed by atoms with E-state index in [1.54, 1.807) is 11.0 Å². The van der Waals surface area contributed by atoms with Crippen molar-refractivity contribution in [3.05, 3.63) is 29.6 Å². The predicted molar refractivity (Wildman–Crippen MR) is 64.2 cm³/mol. The maximum atomic E-state index is 13.1. The van der Waals surface area contributed by atoms with Crippen LogP contribution in [0.3, 0.4) is 0 Å². The van der Waals surface area contributed by atoms with Crippen LogP contribution in [-0.4, -0.2) is 38.0 Å². The van der Waals surface area contributed by atoms with Crippen molar-refractivity contribution in [1.29, 1.82) is 0 Å². The van der Waals surface area contributed by atoms with Gasteiger partial charge in [-0.2, -0.15) is 0 Å². The third-order valence-corrected chi connectivity index (χ3v) is 2.92. The van der Waals surface area contributed by atoms with E-state index in [4.69, 9.17) is 5.73 Å². The monoisotopic (exact) mass is 237 g/mol. The molecule has 92 valence electrons. The van der Waals surface area contributed by atoms with Gasteiger partial charge < -0.3 is 15.5 Å². The molecule has 1 heterocycles. The van der Waals surface area contributed by atoms with Gasteiger partial charge in [0.05, 0.1) is 0 Å². The van der Waals surface area contributed by atoms with E-state index in [2.05, 4.69) is 0 Å². The maximum absolute atomic E-state index is 13.1. The average molecular weight is 237 g/mol. The number of rotatable bonds is 3. The normalized spacial score (nSPS) is 19.0. The van der Waals surface area contributed by atoms with E-state index >= 15 is 0 Å². The number of hydrogen-bond acceptors (Lipinski definition) is 3. The third-order valence-electron chi connectivity index (χ3n) is 2.92. The molecule has 1 aliphatic heterocycles. The minimum atomic E-state index is -0.733. The number of hydrogen-bond donors (Lipinski definition) is 1. The van der Waals surface area contributed by atoms with Gasteiger partial charge in [-0.3, -0.25) is 4.79 Å². The Balaban J connectivity index is 2.28. The van der Waals surface area contributed by atoms with Gasteiger partial charge in [0.15, 0.2) is 0 Å². The lowest BCUT2D eigenvalue weighted by molar-refractivity contribution is -0.119. The number of carbonyl (C=O) groups is 1. The molecule has 1 atom stereocenters. The summed E-state index contributed by atoms with van der Waals surface area (Å²) in [7, 11) is 3.87. The summed E-state index contributed by atoms with van der Waals surface area (Å²) in [5.41, 5.74) is 7.09. The van der Waals surface area contributed by atoms with Crippen molar-refractivity contribution < 1.29 is 9.18 Å². The summed E-state index contributed by atoms with van der Waals surface area (Å²) in [6.45, 7) is 1.31. The number of anilines is 1. The summed E-state index contributed by atoms with van der Waals surface area (Å²) in [6, 6.07) is 3.58. The first kappa shape index (κ1) is 12.0. The van der Waals surface area contributed by atoms with Gasteiger partial charge in [-0.05, 0) is 32.3 Å². The number of halogens is 1. The van der Waals surface area contributed by atoms with Crippen LogP contribution >= 0.6 is 0 Å². The Kier molecular flexibility index (Phi) is 3.13. The molecule has 1 aromatic rings. The Morgan fingerprint density at radius 1 is 1.47 bits per heavy atom. The minimum absolute atomic E-state index is 0.160. The minimum Gasteiger partial charge on any atom is -0.316 e. The molecular weight excluding hydrogens is 221 g/mol. The smallest absolute Gasteiger partial charge is 0.248 e. The number of likely N-dealkylation sites (N-methyl/N-ethyl adjacent to an activating group) is 1. The average Bonchev–Trinajstić information content (AvgIpc) is 2.50. The highest BCUT2D eigenvalue weighted by Crippen LogP contribution is 2.34. The number of nitrogens with zero attached hydrogens (tertiary/aromatic N) is 2. The lowest BCUT2D eigenvalue weighted by Gasteiger charge is -2.20. The van der Waals surface area contributed by atoms with Crippen LogP contribution in [0.1, 0.15) is 11.6 Å². The Labute approximate surface area is 99.8 Å². The molecule has 1 unspecified atom stereocenters. The molecule has 5 heteroatoms. The summed E-state index contributed by atoms with van der Waals surface area (Å²) in [6.07, 6.45) is 0. The lowest BCUT2D eigenvalue weighted by Crippen LogP contribution is -2.36. The maximum Gasteiger partial charge on any atom is 0.248 e. The van der Waals surface area contributed by atoms with Crippen LogP contribution in [0, 0.1) is 5.82 Å². The van der Waals surface area contributed by atoms with Gasteiger partial charge in [-0.25, -0.2) is 4.39 Å². The topological polar surface area (TPSA) is 49.6 Å². The Morgan fingerprint density at radius 3 is 2.82 bits per heavy atom. The molecule has 0 aliphatic carbocycles. The molecule has 1 amide bonds. The first-order valence-corrected chi connectivity index (χ1v) is 5.52. The molecule has 0 aromatic heterocycles. The molecule has 2 N–H and O–H groups in total. The number of carbonyl (C=O) groups excluding carboxylic acids is 1. The number of amides is 1. The van der Waals surface area contributed by atoms with Gasteiger partial charge in [0.25, 0.3) is 0 Å². The lowest BCUT2D eigenvalue weighted by atomic mass is 10.1. The fraction of sp³-hybridized carbons (Fsp3) is 0.417. The molecule has 0 saturated heterocycles. The second kappa shape index (κ2) is 4.43. The molecule has 0 spiro atoms. The van der Waals surface area contributed by atoms with Gasteiger partial charge >= 0.3 is 0 Å². The van der Waals surface area contributed by atoms with E-state index in [-0.39, 0.29) is 11.7 Å². The molecular formula is C12H16FN3O. The van der Waals surface area contributed by atoms with Crippen LogP contribution in [0.5, 0.6) is 0 Å². The predicted octanol–water partition coefficient (Wildman–Crippen LogP) is 0.734. The summed E-state index contributed by atoms with van der Waals surface area (Å²) in [5, 5.41) is 0. The molecule has 4 nitrogen and oxygen atoms in total. The summed E-state index contributed by atoms with van der Waals surface area (Å²) < 4.78 is 13.1. The van der Waals surface area contributed by atoms with Crippen molar-refractivity contribution in [3.63, 3.8) is 0 Å². The van der Waals surface area contributed by atoms with Gasteiger partial charge in [0.1, 0.15) is 11.9 Å². The van der Waals surface area contributed by atoms with Crippen molar-refractivity contribution in [1.82, 2.24) is 4.90 Å². The zero-order chi connectivity index (χ0) is 12.6. The van der Waals surface area contributed by atoms with E-state index in [1.807, 2.05) is 19.0 Å². The quantitative estimate of drug-likeness (QED) is 0.843. The molecule has 0 fully saturated rings. The Bertz CT molecular complexity index is 447. The van der Waals surface area contributed by atoms with Crippen LogP contribution in [0.25, 0.3) is 0 Å². The summed E-state index contributed by atoms with van der Waals surface area (Å²) >= 11 is 0. The van der Waals surface area contributed by atoms with Crippen molar-refractivity contribution in [3.8, 4) is 0 Å². The van der Waals surface area contributed by atoms with Crippen molar-refractivity contribution in [2.45, 2.75) is 6.04 Å². The van der Waals surface area contributed by atoms with Crippen LogP contribution in [0.2, 0.25) is 0 Å². The molecule has 0 saturated carbocycles. The Hall–Kier alpha value is -1.46. The van der Waals surface area contributed by atoms with Crippen LogP contribution in [-0.2, 0) is 4.79 Å². The fourth-order valence-corrected chi connectivity index (χ4v) is 1.97. The van der Waals surface area contributed by atoms with Crippen molar-refractivity contribution in [2.24, 2.45) is 5.73 Å². The van der Waals surface area contributed by atoms with Crippen LogP contribution in [0.4, 0.5) is 10.1 Å². The van der Waals surface area contributed by atoms with Crippen molar-refractivity contribution in [2.75, 3.05) is 32.1 Å². The first-order chi connectivity index (χ1) is 8.00. The highest BCUT2D eigenvalue weighted by atomic mass is 19.1. The summed E-state index contributed by atoms with van der Waals surface area (Å²) in [5.74, 6) is -0.520. The number of nitrogens with two attached hydrogens (primary N) is 1. The van der Waals surface area contributed by atoms with E-state index in [1.165, 1.54) is 12.1 Å². The molecule has 17 heavy (non-hydrogen) atoms. The third kappa shape index (κ3) is 2.16. The number of fused-ring (bicyclic) bond motifs is 1. The fourth-order valence-electron chi connectivity index (χ4n) is 1.97. The molecule has 1 aromatic carbocycles. The van der Waals surface area contributed by atoms with Gasteiger partial charge in [0, 0.05) is 24.3 Å².